The summed E-state index contributed by atoms with van der Waals surface area (Å²) in [5.41, 5.74) is 0.626. The molecule has 0 bridgehead atoms. The molecule has 5 nitrogen and oxygen atoms in total. The quantitative estimate of drug-likeness (QED) is 0.721. The van der Waals surface area contributed by atoms with E-state index in [9.17, 15) is 18.4 Å². The fourth-order valence-electron chi connectivity index (χ4n) is 2.58. The molecular formula is C21H24F2N2O3. The molecule has 2 aromatic carbocycles. The highest BCUT2D eigenvalue weighted by Gasteiger charge is 2.14. The average molecular weight is 390 g/mol. The Bertz CT molecular complexity index is 840. The lowest BCUT2D eigenvalue weighted by atomic mass is 10.1. The summed E-state index contributed by atoms with van der Waals surface area (Å²) in [7, 11) is 0. The Morgan fingerprint density at radius 2 is 1.82 bits per heavy atom. The first-order valence-corrected chi connectivity index (χ1v) is 9.05. The zero-order chi connectivity index (χ0) is 20.7. The van der Waals surface area contributed by atoms with E-state index in [-0.39, 0.29) is 36.6 Å². The van der Waals surface area contributed by atoms with E-state index in [1.54, 1.807) is 0 Å². The molecule has 2 aromatic rings. The number of benzene rings is 2. The Morgan fingerprint density at radius 3 is 2.50 bits per heavy atom. The second-order valence-corrected chi connectivity index (χ2v) is 6.66. The lowest BCUT2D eigenvalue weighted by Crippen LogP contribution is -2.32. The molecular weight excluding hydrogens is 366 g/mol. The van der Waals surface area contributed by atoms with Gasteiger partial charge in [-0.25, -0.2) is 8.78 Å². The third kappa shape index (κ3) is 6.33. The topological polar surface area (TPSA) is 67.4 Å². The second-order valence-electron chi connectivity index (χ2n) is 6.66. The first-order valence-electron chi connectivity index (χ1n) is 9.05. The summed E-state index contributed by atoms with van der Waals surface area (Å²) in [5.74, 6) is -1.94. The van der Waals surface area contributed by atoms with E-state index < -0.39 is 17.5 Å². The molecule has 0 aromatic heterocycles. The lowest BCUT2D eigenvalue weighted by Gasteiger charge is -2.17. The molecule has 0 saturated heterocycles. The van der Waals surface area contributed by atoms with Crippen molar-refractivity contribution in [2.75, 3.05) is 6.54 Å². The minimum absolute atomic E-state index is 0.0288. The zero-order valence-corrected chi connectivity index (χ0v) is 16.1. The smallest absolute Gasteiger partial charge is 0.254 e. The molecule has 0 spiro atoms. The number of carbonyl (C=O) groups excluding carboxylic acids is 2. The Labute approximate surface area is 163 Å². The van der Waals surface area contributed by atoms with Crippen LogP contribution in [0.2, 0.25) is 0 Å². The van der Waals surface area contributed by atoms with Gasteiger partial charge in [0.1, 0.15) is 17.4 Å². The van der Waals surface area contributed by atoms with Crippen molar-refractivity contribution in [3.63, 3.8) is 0 Å². The van der Waals surface area contributed by atoms with Gasteiger partial charge in [0, 0.05) is 19.0 Å². The van der Waals surface area contributed by atoms with Gasteiger partial charge in [-0.1, -0.05) is 12.1 Å². The summed E-state index contributed by atoms with van der Waals surface area (Å²) in [6.45, 7) is 5.75. The molecule has 0 aliphatic heterocycles. The molecule has 0 radical (unpaired) electrons. The van der Waals surface area contributed by atoms with Gasteiger partial charge >= 0.3 is 0 Å². The van der Waals surface area contributed by atoms with Crippen LogP contribution in [0.25, 0.3) is 0 Å². The summed E-state index contributed by atoms with van der Waals surface area (Å²) in [6.07, 6.45) is 0.0795. The average Bonchev–Trinajstić information content (AvgIpc) is 2.61. The van der Waals surface area contributed by atoms with Crippen LogP contribution in [0.5, 0.6) is 5.75 Å². The highest BCUT2D eigenvalue weighted by atomic mass is 19.1. The molecule has 2 rings (SSSR count). The van der Waals surface area contributed by atoms with Crippen molar-refractivity contribution in [3.8, 4) is 5.75 Å². The summed E-state index contributed by atoms with van der Waals surface area (Å²) in [6, 6.07) is 9.92. The summed E-state index contributed by atoms with van der Waals surface area (Å²) in [4.78, 5) is 24.0. The van der Waals surface area contributed by atoms with E-state index in [2.05, 4.69) is 10.6 Å². The Kier molecular flexibility index (Phi) is 7.49. The van der Waals surface area contributed by atoms with Crippen molar-refractivity contribution < 1.29 is 23.1 Å². The van der Waals surface area contributed by atoms with Crippen molar-refractivity contribution >= 4 is 11.8 Å². The van der Waals surface area contributed by atoms with E-state index in [1.165, 1.54) is 0 Å². The van der Waals surface area contributed by atoms with Gasteiger partial charge < -0.3 is 15.4 Å². The molecule has 2 amide bonds. The van der Waals surface area contributed by atoms with Gasteiger partial charge in [-0.2, -0.15) is 0 Å². The van der Waals surface area contributed by atoms with Gasteiger partial charge in [-0.3, -0.25) is 9.59 Å². The Hall–Kier alpha value is -2.96. The SMILES string of the molecule is CC(C)Oc1cccc(C(C)NC(=O)CCNC(=O)c2ccc(F)cc2F)c1. The molecule has 0 heterocycles. The van der Waals surface area contributed by atoms with E-state index in [0.717, 1.165) is 23.4 Å². The van der Waals surface area contributed by atoms with E-state index in [4.69, 9.17) is 4.74 Å². The first kappa shape index (κ1) is 21.3. The number of rotatable bonds is 8. The van der Waals surface area contributed by atoms with Crippen LogP contribution in [-0.2, 0) is 4.79 Å². The highest BCUT2D eigenvalue weighted by molar-refractivity contribution is 5.94. The number of halogens is 2. The third-order valence-electron chi connectivity index (χ3n) is 3.92. The van der Waals surface area contributed by atoms with Crippen LogP contribution in [0.15, 0.2) is 42.5 Å². The molecule has 28 heavy (non-hydrogen) atoms. The van der Waals surface area contributed by atoms with E-state index >= 15 is 0 Å². The second kappa shape index (κ2) is 9.82. The zero-order valence-electron chi connectivity index (χ0n) is 16.1. The van der Waals surface area contributed by atoms with E-state index in [1.807, 2.05) is 45.0 Å². The van der Waals surface area contributed by atoms with Gasteiger partial charge in [0.15, 0.2) is 0 Å². The van der Waals surface area contributed by atoms with Gasteiger partial charge in [-0.05, 0) is 50.6 Å². The number of ether oxygens (including phenoxy) is 1. The third-order valence-corrected chi connectivity index (χ3v) is 3.92. The van der Waals surface area contributed by atoms with Gasteiger partial charge in [0.25, 0.3) is 5.91 Å². The van der Waals surface area contributed by atoms with Crippen molar-refractivity contribution in [3.05, 3.63) is 65.2 Å². The maximum atomic E-state index is 13.6. The van der Waals surface area contributed by atoms with Crippen LogP contribution in [-0.4, -0.2) is 24.5 Å². The fraction of sp³-hybridized carbons (Fsp3) is 0.333. The number of nitrogens with one attached hydrogen (secondary N) is 2. The van der Waals surface area contributed by atoms with Crippen LogP contribution in [0.4, 0.5) is 8.78 Å². The fourth-order valence-corrected chi connectivity index (χ4v) is 2.58. The van der Waals surface area contributed by atoms with Crippen LogP contribution >= 0.6 is 0 Å². The predicted octanol–water partition coefficient (Wildman–Crippen LogP) is 3.75. The molecule has 0 aliphatic rings. The Balaban J connectivity index is 1.82. The molecule has 0 aliphatic carbocycles. The van der Waals surface area contributed by atoms with Gasteiger partial charge in [-0.15, -0.1) is 0 Å². The summed E-state index contributed by atoms with van der Waals surface area (Å²) >= 11 is 0. The van der Waals surface area contributed by atoms with Crippen LogP contribution in [0.3, 0.4) is 0 Å². The molecule has 1 atom stereocenters. The van der Waals surface area contributed by atoms with Crippen LogP contribution < -0.4 is 15.4 Å². The molecule has 1 unspecified atom stereocenters. The summed E-state index contributed by atoms with van der Waals surface area (Å²) < 4.78 is 32.1. The molecule has 2 N–H and O–H groups in total. The van der Waals surface area contributed by atoms with Crippen LogP contribution in [0.1, 0.15) is 49.2 Å². The number of hydrogen-bond donors (Lipinski definition) is 2. The Morgan fingerprint density at radius 1 is 1.07 bits per heavy atom. The molecule has 0 saturated carbocycles. The van der Waals surface area contributed by atoms with Crippen molar-refractivity contribution in [2.45, 2.75) is 39.3 Å². The minimum atomic E-state index is -0.945. The lowest BCUT2D eigenvalue weighted by molar-refractivity contribution is -0.121. The molecule has 150 valence electrons. The minimum Gasteiger partial charge on any atom is -0.491 e. The first-order chi connectivity index (χ1) is 13.3. The molecule has 7 heteroatoms. The monoisotopic (exact) mass is 390 g/mol. The van der Waals surface area contributed by atoms with Gasteiger partial charge in [0.2, 0.25) is 5.91 Å². The highest BCUT2D eigenvalue weighted by Crippen LogP contribution is 2.20. The standard InChI is InChI=1S/C21H24F2N2O3/c1-13(2)28-17-6-4-5-15(11-17)14(3)25-20(26)9-10-24-21(27)18-8-7-16(22)12-19(18)23/h4-8,11-14H,9-10H2,1-3H3,(H,24,27)(H,25,26). The largest absolute Gasteiger partial charge is 0.491 e. The maximum Gasteiger partial charge on any atom is 0.254 e. The number of carbonyl (C=O) groups is 2. The number of hydrogen-bond acceptors (Lipinski definition) is 3. The number of amides is 2. The van der Waals surface area contributed by atoms with Crippen molar-refractivity contribution in [2.24, 2.45) is 0 Å². The summed E-state index contributed by atoms with van der Waals surface area (Å²) in [5, 5.41) is 5.29. The maximum absolute atomic E-state index is 13.6. The van der Waals surface area contributed by atoms with Gasteiger partial charge in [0.05, 0.1) is 17.7 Å². The molecule has 0 fully saturated rings. The van der Waals surface area contributed by atoms with Crippen LogP contribution in [0, 0.1) is 11.6 Å². The normalized spacial score (nSPS) is 11.8. The van der Waals surface area contributed by atoms with Crippen molar-refractivity contribution in [1.29, 1.82) is 0 Å². The van der Waals surface area contributed by atoms with Crippen molar-refractivity contribution in [1.82, 2.24) is 10.6 Å². The van der Waals surface area contributed by atoms with E-state index in [0.29, 0.717) is 6.07 Å². The predicted molar refractivity (Wildman–Crippen MR) is 102 cm³/mol.